The third-order valence-electron chi connectivity index (χ3n) is 3.15. The number of carbonyl (C=O) groups excluding carboxylic acids is 1. The fourth-order valence-corrected chi connectivity index (χ4v) is 2.08. The summed E-state index contributed by atoms with van der Waals surface area (Å²) in [5, 5.41) is 10.6. The lowest BCUT2D eigenvalue weighted by atomic mass is 10.0. The minimum absolute atomic E-state index is 0.0724. The van der Waals surface area contributed by atoms with Crippen molar-refractivity contribution in [3.05, 3.63) is 54.2 Å². The maximum Gasteiger partial charge on any atom is 0.251 e. The van der Waals surface area contributed by atoms with E-state index in [2.05, 4.69) is 21.6 Å². The largest absolute Gasteiger partial charge is 0.355 e. The second-order valence-corrected chi connectivity index (χ2v) is 4.33. The third kappa shape index (κ3) is 2.08. The zero-order valence-electron chi connectivity index (χ0n) is 10.5. The van der Waals surface area contributed by atoms with Gasteiger partial charge in [-0.15, -0.1) is 0 Å². The first kappa shape index (κ1) is 11.5. The number of amides is 1. The van der Waals surface area contributed by atoms with Crippen molar-refractivity contribution in [3.63, 3.8) is 0 Å². The Labute approximate surface area is 110 Å². The Kier molecular flexibility index (Phi) is 2.76. The van der Waals surface area contributed by atoms with Gasteiger partial charge in [0.2, 0.25) is 0 Å². The number of aromatic amines is 1. The number of nitrogens with zero attached hydrogens (tertiary/aromatic N) is 1. The van der Waals surface area contributed by atoms with Crippen LogP contribution in [-0.4, -0.2) is 23.2 Å². The van der Waals surface area contributed by atoms with Gasteiger partial charge in [-0.1, -0.05) is 18.2 Å². The van der Waals surface area contributed by atoms with Gasteiger partial charge in [0.1, 0.15) is 0 Å². The molecule has 0 aliphatic heterocycles. The summed E-state index contributed by atoms with van der Waals surface area (Å²) in [5.74, 6) is -0.0724. The van der Waals surface area contributed by atoms with Crippen LogP contribution < -0.4 is 5.32 Å². The van der Waals surface area contributed by atoms with Gasteiger partial charge in [-0.05, 0) is 35.4 Å². The van der Waals surface area contributed by atoms with E-state index in [9.17, 15) is 4.79 Å². The van der Waals surface area contributed by atoms with Crippen molar-refractivity contribution in [1.82, 2.24) is 15.5 Å². The van der Waals surface area contributed by atoms with Gasteiger partial charge >= 0.3 is 0 Å². The summed E-state index contributed by atoms with van der Waals surface area (Å²) in [7, 11) is 1.63. The van der Waals surface area contributed by atoms with Crippen LogP contribution in [-0.2, 0) is 0 Å². The van der Waals surface area contributed by atoms with E-state index in [0.29, 0.717) is 5.56 Å². The van der Waals surface area contributed by atoms with Crippen molar-refractivity contribution in [2.45, 2.75) is 0 Å². The number of rotatable bonds is 2. The standard InChI is InChI=1S/C15H13N3O/c1-16-15(19)11-4-2-10(3-5-11)12-6-7-14-13(8-12)9-17-18-14/h2-9H,1H3,(H,16,19)(H,17,18). The number of benzene rings is 2. The molecule has 1 amide bonds. The van der Waals surface area contributed by atoms with E-state index in [-0.39, 0.29) is 5.91 Å². The molecule has 0 spiro atoms. The van der Waals surface area contributed by atoms with Crippen LogP contribution in [0, 0.1) is 0 Å². The topological polar surface area (TPSA) is 57.8 Å². The fraction of sp³-hybridized carbons (Fsp3) is 0.0667. The van der Waals surface area contributed by atoms with Crippen LogP contribution in [0.15, 0.2) is 48.7 Å². The normalized spacial score (nSPS) is 10.6. The summed E-state index contributed by atoms with van der Waals surface area (Å²) in [5.41, 5.74) is 3.87. The predicted molar refractivity (Wildman–Crippen MR) is 74.9 cm³/mol. The Hall–Kier alpha value is -2.62. The van der Waals surface area contributed by atoms with Crippen molar-refractivity contribution in [2.75, 3.05) is 7.05 Å². The fourth-order valence-electron chi connectivity index (χ4n) is 2.08. The van der Waals surface area contributed by atoms with Gasteiger partial charge in [-0.25, -0.2) is 0 Å². The number of H-pyrrole nitrogens is 1. The SMILES string of the molecule is CNC(=O)c1ccc(-c2ccc3[nH]ncc3c2)cc1. The quantitative estimate of drug-likeness (QED) is 0.735. The molecule has 4 heteroatoms. The van der Waals surface area contributed by atoms with E-state index >= 15 is 0 Å². The van der Waals surface area contributed by atoms with Gasteiger partial charge in [0.25, 0.3) is 5.91 Å². The zero-order chi connectivity index (χ0) is 13.2. The van der Waals surface area contributed by atoms with Crippen LogP contribution in [0.25, 0.3) is 22.0 Å². The van der Waals surface area contributed by atoms with Crippen LogP contribution >= 0.6 is 0 Å². The highest BCUT2D eigenvalue weighted by atomic mass is 16.1. The van der Waals surface area contributed by atoms with Gasteiger partial charge in [-0.3, -0.25) is 9.89 Å². The van der Waals surface area contributed by atoms with E-state index in [4.69, 9.17) is 0 Å². The van der Waals surface area contributed by atoms with Gasteiger partial charge in [-0.2, -0.15) is 5.10 Å². The summed E-state index contributed by atoms with van der Waals surface area (Å²) in [6.45, 7) is 0. The third-order valence-corrected chi connectivity index (χ3v) is 3.15. The highest BCUT2D eigenvalue weighted by Gasteiger charge is 2.04. The van der Waals surface area contributed by atoms with Crippen molar-refractivity contribution < 1.29 is 4.79 Å². The molecule has 19 heavy (non-hydrogen) atoms. The van der Waals surface area contributed by atoms with Crippen LogP contribution in [0.4, 0.5) is 0 Å². The minimum Gasteiger partial charge on any atom is -0.355 e. The van der Waals surface area contributed by atoms with E-state index in [1.807, 2.05) is 36.4 Å². The minimum atomic E-state index is -0.0724. The zero-order valence-corrected chi connectivity index (χ0v) is 10.5. The average molecular weight is 251 g/mol. The molecule has 0 aliphatic rings. The highest BCUT2D eigenvalue weighted by Crippen LogP contribution is 2.23. The van der Waals surface area contributed by atoms with Gasteiger partial charge in [0.15, 0.2) is 0 Å². The van der Waals surface area contributed by atoms with Crippen molar-refractivity contribution in [1.29, 1.82) is 0 Å². The van der Waals surface area contributed by atoms with Crippen molar-refractivity contribution in [3.8, 4) is 11.1 Å². The molecule has 0 saturated heterocycles. The Morgan fingerprint density at radius 1 is 1.11 bits per heavy atom. The molecular formula is C15H13N3O. The number of carbonyl (C=O) groups is 1. The molecular weight excluding hydrogens is 238 g/mol. The summed E-state index contributed by atoms with van der Waals surface area (Å²) in [6.07, 6.45) is 1.80. The number of hydrogen-bond acceptors (Lipinski definition) is 2. The Balaban J connectivity index is 1.99. The highest BCUT2D eigenvalue weighted by molar-refractivity contribution is 5.94. The maximum atomic E-state index is 11.5. The van der Waals surface area contributed by atoms with Gasteiger partial charge < -0.3 is 5.32 Å². The van der Waals surface area contributed by atoms with Crippen LogP contribution in [0.2, 0.25) is 0 Å². The monoisotopic (exact) mass is 251 g/mol. The smallest absolute Gasteiger partial charge is 0.251 e. The second kappa shape index (κ2) is 4.57. The number of nitrogens with one attached hydrogen (secondary N) is 2. The Morgan fingerprint density at radius 3 is 2.58 bits per heavy atom. The van der Waals surface area contributed by atoms with E-state index in [1.165, 1.54) is 0 Å². The molecule has 1 aromatic heterocycles. The van der Waals surface area contributed by atoms with Gasteiger partial charge in [0, 0.05) is 18.0 Å². The summed E-state index contributed by atoms with van der Waals surface area (Å²) in [6, 6.07) is 13.7. The molecule has 0 aliphatic carbocycles. The Bertz CT molecular complexity index is 728. The van der Waals surface area contributed by atoms with E-state index in [1.54, 1.807) is 13.2 Å². The Morgan fingerprint density at radius 2 is 1.84 bits per heavy atom. The molecule has 0 unspecified atom stereocenters. The molecule has 3 aromatic rings. The lowest BCUT2D eigenvalue weighted by Crippen LogP contribution is -2.17. The molecule has 0 bridgehead atoms. The molecule has 0 atom stereocenters. The first-order valence-electron chi connectivity index (χ1n) is 6.03. The molecule has 1 heterocycles. The molecule has 0 saturated carbocycles. The van der Waals surface area contributed by atoms with Crippen LogP contribution in [0.3, 0.4) is 0 Å². The second-order valence-electron chi connectivity index (χ2n) is 4.33. The molecule has 3 rings (SSSR count). The van der Waals surface area contributed by atoms with E-state index < -0.39 is 0 Å². The molecule has 94 valence electrons. The number of fused-ring (bicyclic) bond motifs is 1. The molecule has 0 radical (unpaired) electrons. The summed E-state index contributed by atoms with van der Waals surface area (Å²) < 4.78 is 0. The summed E-state index contributed by atoms with van der Waals surface area (Å²) in [4.78, 5) is 11.5. The van der Waals surface area contributed by atoms with Crippen molar-refractivity contribution in [2.24, 2.45) is 0 Å². The first-order chi connectivity index (χ1) is 9.28. The average Bonchev–Trinajstić information content (AvgIpc) is 2.94. The lowest BCUT2D eigenvalue weighted by Gasteiger charge is -2.04. The predicted octanol–water partition coefficient (Wildman–Crippen LogP) is 2.59. The molecule has 4 nitrogen and oxygen atoms in total. The number of hydrogen-bond donors (Lipinski definition) is 2. The molecule has 0 fully saturated rings. The van der Waals surface area contributed by atoms with Crippen LogP contribution in [0.1, 0.15) is 10.4 Å². The maximum absolute atomic E-state index is 11.5. The first-order valence-corrected chi connectivity index (χ1v) is 6.03. The van der Waals surface area contributed by atoms with Gasteiger partial charge in [0.05, 0.1) is 11.7 Å². The molecule has 2 N–H and O–H groups in total. The van der Waals surface area contributed by atoms with Crippen LogP contribution in [0.5, 0.6) is 0 Å². The van der Waals surface area contributed by atoms with Crippen molar-refractivity contribution >= 4 is 16.8 Å². The summed E-state index contributed by atoms with van der Waals surface area (Å²) >= 11 is 0. The number of aromatic nitrogens is 2. The lowest BCUT2D eigenvalue weighted by molar-refractivity contribution is 0.0963. The molecule has 2 aromatic carbocycles. The van der Waals surface area contributed by atoms with E-state index in [0.717, 1.165) is 22.0 Å².